The zero-order chi connectivity index (χ0) is 15.6. The number of hydrogen-bond donors (Lipinski definition) is 0. The average molecular weight is 319 g/mol. The molecule has 1 aliphatic rings. The summed E-state index contributed by atoms with van der Waals surface area (Å²) in [6, 6.07) is 6.28. The smallest absolute Gasteiger partial charge is 0.243 e. The van der Waals surface area contributed by atoms with Gasteiger partial charge in [0.05, 0.1) is 29.9 Å². The highest BCUT2D eigenvalue weighted by Gasteiger charge is 2.37. The van der Waals surface area contributed by atoms with E-state index in [9.17, 15) is 8.42 Å². The van der Waals surface area contributed by atoms with Crippen molar-refractivity contribution in [3.05, 3.63) is 48.5 Å². The van der Waals surface area contributed by atoms with Crippen molar-refractivity contribution in [2.45, 2.75) is 23.8 Å². The lowest BCUT2D eigenvalue weighted by atomic mass is 10.2. The largest absolute Gasteiger partial charge is 0.497 e. The van der Waals surface area contributed by atoms with E-state index in [1.54, 1.807) is 42.9 Å². The fraction of sp³-hybridized carbons (Fsp3) is 0.333. The van der Waals surface area contributed by atoms with Crippen molar-refractivity contribution in [2.75, 3.05) is 13.7 Å². The summed E-state index contributed by atoms with van der Waals surface area (Å²) in [5, 5.41) is 0. The number of nitrogens with zero attached hydrogens (tertiary/aromatic N) is 3. The van der Waals surface area contributed by atoms with Crippen LogP contribution in [-0.4, -0.2) is 36.3 Å². The molecule has 0 spiro atoms. The second-order valence-electron chi connectivity index (χ2n) is 5.08. The third-order valence-electron chi connectivity index (χ3n) is 3.78. The molecule has 1 aliphatic heterocycles. The van der Waals surface area contributed by atoms with Crippen LogP contribution in [0.1, 0.15) is 24.6 Å². The van der Waals surface area contributed by atoms with E-state index >= 15 is 0 Å². The Hall–Kier alpha value is -1.99. The molecule has 7 heteroatoms. The van der Waals surface area contributed by atoms with Gasteiger partial charge in [-0.25, -0.2) is 8.42 Å². The molecule has 1 fully saturated rings. The number of rotatable bonds is 4. The Morgan fingerprint density at radius 1 is 1.32 bits per heavy atom. The van der Waals surface area contributed by atoms with E-state index in [-0.39, 0.29) is 10.9 Å². The molecular formula is C15H17N3O3S. The normalized spacial score (nSPS) is 19.2. The minimum atomic E-state index is -3.58. The zero-order valence-corrected chi connectivity index (χ0v) is 13.0. The second-order valence-corrected chi connectivity index (χ2v) is 6.97. The van der Waals surface area contributed by atoms with Gasteiger partial charge in [-0.1, -0.05) is 6.07 Å². The first kappa shape index (κ1) is 14.9. The zero-order valence-electron chi connectivity index (χ0n) is 12.2. The summed E-state index contributed by atoms with van der Waals surface area (Å²) in [4.78, 5) is 8.54. The molecule has 1 aromatic carbocycles. The van der Waals surface area contributed by atoms with Crippen molar-refractivity contribution in [1.82, 2.24) is 14.3 Å². The van der Waals surface area contributed by atoms with Crippen LogP contribution >= 0.6 is 0 Å². The molecule has 3 rings (SSSR count). The molecule has 0 N–H and O–H groups in total. The van der Waals surface area contributed by atoms with Gasteiger partial charge in [-0.15, -0.1) is 0 Å². The summed E-state index contributed by atoms with van der Waals surface area (Å²) in [5.41, 5.74) is 0.687. The van der Waals surface area contributed by atoms with Crippen molar-refractivity contribution < 1.29 is 13.2 Å². The molecule has 1 atom stereocenters. The monoisotopic (exact) mass is 319 g/mol. The Bertz CT molecular complexity index is 750. The van der Waals surface area contributed by atoms with Crippen LogP contribution in [0.15, 0.2) is 47.8 Å². The van der Waals surface area contributed by atoms with Crippen LogP contribution in [0.25, 0.3) is 0 Å². The molecule has 0 unspecified atom stereocenters. The van der Waals surface area contributed by atoms with E-state index in [1.165, 1.54) is 11.4 Å². The summed E-state index contributed by atoms with van der Waals surface area (Å²) >= 11 is 0. The molecule has 0 radical (unpaired) electrons. The topological polar surface area (TPSA) is 72.4 Å². The summed E-state index contributed by atoms with van der Waals surface area (Å²) in [5.74, 6) is 0.524. The first-order valence-corrected chi connectivity index (χ1v) is 8.49. The average Bonchev–Trinajstić information content (AvgIpc) is 3.06. The number of ether oxygens (including phenoxy) is 1. The number of sulfonamides is 1. The molecule has 1 aromatic heterocycles. The maximum atomic E-state index is 12.9. The summed E-state index contributed by atoms with van der Waals surface area (Å²) in [7, 11) is -2.07. The van der Waals surface area contributed by atoms with Gasteiger partial charge in [-0.2, -0.15) is 4.31 Å². The van der Waals surface area contributed by atoms with Crippen LogP contribution in [0.2, 0.25) is 0 Å². The number of methoxy groups -OCH3 is 1. The van der Waals surface area contributed by atoms with Gasteiger partial charge >= 0.3 is 0 Å². The molecule has 2 aromatic rings. The van der Waals surface area contributed by atoms with Gasteiger partial charge in [0, 0.05) is 25.0 Å². The van der Waals surface area contributed by atoms with Gasteiger partial charge in [0.2, 0.25) is 10.0 Å². The fourth-order valence-electron chi connectivity index (χ4n) is 2.70. The number of hydrogen-bond acceptors (Lipinski definition) is 5. The SMILES string of the molecule is COc1cccc(S(=O)(=O)N2CCC[C@@H]2c2cnccn2)c1. The van der Waals surface area contributed by atoms with Gasteiger partial charge in [-0.05, 0) is 25.0 Å². The van der Waals surface area contributed by atoms with E-state index in [0.29, 0.717) is 18.0 Å². The Balaban J connectivity index is 1.97. The predicted octanol–water partition coefficient (Wildman–Crippen LogP) is 2.01. The number of aromatic nitrogens is 2. The lowest BCUT2D eigenvalue weighted by molar-refractivity contribution is 0.388. The molecule has 1 saturated heterocycles. The van der Waals surface area contributed by atoms with Gasteiger partial charge < -0.3 is 4.74 Å². The summed E-state index contributed by atoms with van der Waals surface area (Å²) in [6.07, 6.45) is 6.36. The van der Waals surface area contributed by atoms with Crippen LogP contribution in [0, 0.1) is 0 Å². The van der Waals surface area contributed by atoms with Crippen LogP contribution < -0.4 is 4.74 Å². The Kier molecular flexibility index (Phi) is 4.08. The third-order valence-corrected chi connectivity index (χ3v) is 5.68. The minimum absolute atomic E-state index is 0.239. The van der Waals surface area contributed by atoms with Crippen LogP contribution in [0.5, 0.6) is 5.75 Å². The highest BCUT2D eigenvalue weighted by atomic mass is 32.2. The predicted molar refractivity (Wildman–Crippen MR) is 80.9 cm³/mol. The lowest BCUT2D eigenvalue weighted by Crippen LogP contribution is -2.31. The van der Waals surface area contributed by atoms with Crippen molar-refractivity contribution >= 4 is 10.0 Å². The molecule has 6 nitrogen and oxygen atoms in total. The van der Waals surface area contributed by atoms with Crippen molar-refractivity contribution in [1.29, 1.82) is 0 Å². The van der Waals surface area contributed by atoms with Crippen LogP contribution in [-0.2, 0) is 10.0 Å². The maximum Gasteiger partial charge on any atom is 0.243 e. The van der Waals surface area contributed by atoms with Crippen molar-refractivity contribution in [3.8, 4) is 5.75 Å². The summed E-state index contributed by atoms with van der Waals surface area (Å²) in [6.45, 7) is 0.487. The summed E-state index contributed by atoms with van der Waals surface area (Å²) < 4.78 is 32.4. The van der Waals surface area contributed by atoms with E-state index in [4.69, 9.17) is 4.74 Å². The van der Waals surface area contributed by atoms with E-state index in [2.05, 4.69) is 9.97 Å². The van der Waals surface area contributed by atoms with Crippen molar-refractivity contribution in [2.24, 2.45) is 0 Å². The standard InChI is InChI=1S/C15H17N3O3S/c1-21-12-4-2-5-13(10-12)22(19,20)18-9-3-6-15(18)14-11-16-7-8-17-14/h2,4-5,7-8,10-11,15H,3,6,9H2,1H3/t15-/m1/s1. The Morgan fingerprint density at radius 3 is 2.91 bits per heavy atom. The van der Waals surface area contributed by atoms with Crippen LogP contribution in [0.4, 0.5) is 0 Å². The first-order valence-electron chi connectivity index (χ1n) is 7.05. The van der Waals surface area contributed by atoms with E-state index in [1.807, 2.05) is 0 Å². The first-order chi connectivity index (χ1) is 10.6. The molecule has 116 valence electrons. The maximum absolute atomic E-state index is 12.9. The highest BCUT2D eigenvalue weighted by Crippen LogP contribution is 2.35. The van der Waals surface area contributed by atoms with E-state index < -0.39 is 10.0 Å². The Morgan fingerprint density at radius 2 is 2.18 bits per heavy atom. The highest BCUT2D eigenvalue weighted by molar-refractivity contribution is 7.89. The van der Waals surface area contributed by atoms with Gasteiger partial charge in [0.25, 0.3) is 0 Å². The Labute approximate surface area is 129 Å². The van der Waals surface area contributed by atoms with Gasteiger partial charge in [-0.3, -0.25) is 9.97 Å². The molecule has 2 heterocycles. The number of benzene rings is 1. The molecule has 0 saturated carbocycles. The van der Waals surface area contributed by atoms with Gasteiger partial charge in [0.1, 0.15) is 5.75 Å². The van der Waals surface area contributed by atoms with Gasteiger partial charge in [0.15, 0.2) is 0 Å². The molecule has 22 heavy (non-hydrogen) atoms. The third kappa shape index (κ3) is 2.69. The van der Waals surface area contributed by atoms with Crippen LogP contribution in [0.3, 0.4) is 0 Å². The minimum Gasteiger partial charge on any atom is -0.497 e. The molecule has 0 aliphatic carbocycles. The molecular weight excluding hydrogens is 302 g/mol. The lowest BCUT2D eigenvalue weighted by Gasteiger charge is -2.23. The van der Waals surface area contributed by atoms with Crippen molar-refractivity contribution in [3.63, 3.8) is 0 Å². The molecule has 0 amide bonds. The second kappa shape index (κ2) is 6.02. The quantitative estimate of drug-likeness (QED) is 0.862. The molecule has 0 bridgehead atoms. The fourth-order valence-corrected chi connectivity index (χ4v) is 4.41. The van der Waals surface area contributed by atoms with E-state index in [0.717, 1.165) is 12.8 Å².